The lowest BCUT2D eigenvalue weighted by Crippen LogP contribution is -1.96. The molecule has 0 amide bonds. The van der Waals surface area contributed by atoms with Crippen LogP contribution in [0.15, 0.2) is 32.5 Å². The van der Waals surface area contributed by atoms with Crippen LogP contribution in [0.4, 0.5) is 0 Å². The Hall–Kier alpha value is -0.0300. The largest absolute Gasteiger partial charge is 0.493 e. The summed E-state index contributed by atoms with van der Waals surface area (Å²) in [7, 11) is 0. The molecule has 0 N–H and O–H groups in total. The van der Waals surface area contributed by atoms with E-state index < -0.39 is 0 Å². The van der Waals surface area contributed by atoms with Gasteiger partial charge in [-0.2, -0.15) is 0 Å². The van der Waals surface area contributed by atoms with Crippen LogP contribution >= 0.6 is 54.8 Å². The van der Waals surface area contributed by atoms with Gasteiger partial charge in [-0.3, -0.25) is 0 Å². The predicted molar refractivity (Wildman–Crippen MR) is 83.1 cm³/mol. The van der Waals surface area contributed by atoms with E-state index in [-0.39, 0.29) is 5.38 Å². The van der Waals surface area contributed by atoms with Crippen molar-refractivity contribution in [3.05, 3.63) is 48.5 Å². The van der Waals surface area contributed by atoms with Crippen LogP contribution in [-0.2, 0) is 6.42 Å². The van der Waals surface area contributed by atoms with Crippen molar-refractivity contribution in [2.75, 3.05) is 6.61 Å². The molecule has 3 rings (SSSR count). The average molecular weight is 409 g/mol. The molecular formula is C13H9Br2ClOS. The maximum Gasteiger partial charge on any atom is 0.127 e. The molecule has 5 heteroatoms. The number of alkyl halides is 1. The van der Waals surface area contributed by atoms with Gasteiger partial charge in [0.2, 0.25) is 0 Å². The van der Waals surface area contributed by atoms with Crippen molar-refractivity contribution in [2.45, 2.75) is 11.8 Å². The number of hydrogen-bond acceptors (Lipinski definition) is 2. The fraction of sp³-hybridized carbons (Fsp3) is 0.231. The molecule has 0 spiro atoms. The molecule has 2 heterocycles. The first-order valence-corrected chi connectivity index (χ1v) is 8.39. The second-order valence-corrected chi connectivity index (χ2v) is 7.23. The normalized spacial score (nSPS) is 15.3. The minimum atomic E-state index is -0.177. The molecule has 1 aliphatic heterocycles. The Labute approximate surface area is 131 Å². The molecular weight excluding hydrogens is 399 g/mol. The zero-order valence-corrected chi connectivity index (χ0v) is 14.0. The summed E-state index contributed by atoms with van der Waals surface area (Å²) in [5.74, 6) is 0.957. The minimum Gasteiger partial charge on any atom is -0.493 e. The van der Waals surface area contributed by atoms with Gasteiger partial charge in [-0.25, -0.2) is 0 Å². The van der Waals surface area contributed by atoms with E-state index in [4.69, 9.17) is 16.3 Å². The van der Waals surface area contributed by atoms with E-state index in [1.54, 1.807) is 11.3 Å². The molecule has 2 aromatic rings. The zero-order valence-electron chi connectivity index (χ0n) is 9.25. The third kappa shape index (κ3) is 2.24. The summed E-state index contributed by atoms with van der Waals surface area (Å²) in [6, 6.07) is 6.18. The van der Waals surface area contributed by atoms with E-state index in [2.05, 4.69) is 37.9 Å². The first-order chi connectivity index (χ1) is 8.66. The standard InChI is InChI=1S/C13H9Br2ClOS/c14-8-5-7-1-3-17-12(7)9(6-8)11(16)13-10(15)2-4-18-13/h2,4-6,11H,1,3H2. The van der Waals surface area contributed by atoms with Crippen molar-refractivity contribution >= 4 is 54.8 Å². The van der Waals surface area contributed by atoms with E-state index in [9.17, 15) is 0 Å². The third-order valence-corrected chi connectivity index (χ3v) is 5.90. The van der Waals surface area contributed by atoms with Gasteiger partial charge in [0.05, 0.1) is 12.0 Å². The summed E-state index contributed by atoms with van der Waals surface area (Å²) in [5, 5.41) is 1.86. The maximum absolute atomic E-state index is 6.61. The van der Waals surface area contributed by atoms with Crippen LogP contribution in [0.2, 0.25) is 0 Å². The molecule has 1 aromatic heterocycles. The molecule has 94 valence electrons. The summed E-state index contributed by atoms with van der Waals surface area (Å²) in [6.07, 6.45) is 0.955. The molecule has 0 radical (unpaired) electrons. The van der Waals surface area contributed by atoms with Crippen molar-refractivity contribution < 1.29 is 4.74 Å². The van der Waals surface area contributed by atoms with Crippen LogP contribution in [0, 0.1) is 0 Å². The van der Waals surface area contributed by atoms with Gasteiger partial charge >= 0.3 is 0 Å². The van der Waals surface area contributed by atoms with E-state index in [1.807, 2.05) is 17.5 Å². The van der Waals surface area contributed by atoms with Crippen molar-refractivity contribution in [1.29, 1.82) is 0 Å². The van der Waals surface area contributed by atoms with Crippen molar-refractivity contribution in [3.8, 4) is 5.75 Å². The van der Waals surface area contributed by atoms with E-state index in [0.717, 1.165) is 38.2 Å². The predicted octanol–water partition coefficient (Wildman–Crippen LogP) is 5.54. The number of rotatable bonds is 2. The summed E-state index contributed by atoms with van der Waals surface area (Å²) < 4.78 is 7.84. The third-order valence-electron chi connectivity index (χ3n) is 2.93. The second-order valence-electron chi connectivity index (χ2n) is 4.08. The number of halogens is 3. The van der Waals surface area contributed by atoms with Crippen molar-refractivity contribution in [3.63, 3.8) is 0 Å². The lowest BCUT2D eigenvalue weighted by Gasteiger charge is -2.14. The summed E-state index contributed by atoms with van der Waals surface area (Å²) in [5.41, 5.74) is 2.28. The van der Waals surface area contributed by atoms with Gasteiger partial charge in [0.25, 0.3) is 0 Å². The average Bonchev–Trinajstić information content (AvgIpc) is 2.95. The molecule has 0 saturated heterocycles. The molecule has 0 bridgehead atoms. The van der Waals surface area contributed by atoms with E-state index in [1.165, 1.54) is 5.56 Å². The van der Waals surface area contributed by atoms with Crippen LogP contribution in [0.1, 0.15) is 21.4 Å². The monoisotopic (exact) mass is 406 g/mol. The minimum absolute atomic E-state index is 0.177. The summed E-state index contributed by atoms with van der Waals surface area (Å²) in [4.78, 5) is 1.12. The zero-order chi connectivity index (χ0) is 12.7. The van der Waals surface area contributed by atoms with Gasteiger partial charge in [0.1, 0.15) is 5.75 Å². The Kier molecular flexibility index (Phi) is 3.72. The lowest BCUT2D eigenvalue weighted by molar-refractivity contribution is 0.353. The van der Waals surface area contributed by atoms with Gasteiger partial charge in [0.15, 0.2) is 0 Å². The molecule has 1 nitrogen and oxygen atoms in total. The van der Waals surface area contributed by atoms with Gasteiger partial charge in [-0.15, -0.1) is 22.9 Å². The van der Waals surface area contributed by atoms with Crippen LogP contribution in [0.25, 0.3) is 0 Å². The Morgan fingerprint density at radius 2 is 2.17 bits per heavy atom. The van der Waals surface area contributed by atoms with Gasteiger partial charge in [-0.1, -0.05) is 15.9 Å². The summed E-state index contributed by atoms with van der Waals surface area (Å²) in [6.45, 7) is 0.744. The first kappa shape index (κ1) is 13.0. The van der Waals surface area contributed by atoms with Crippen LogP contribution in [0.5, 0.6) is 5.75 Å². The number of fused-ring (bicyclic) bond motifs is 1. The number of thiophene rings is 1. The first-order valence-electron chi connectivity index (χ1n) is 5.49. The van der Waals surface area contributed by atoms with Crippen LogP contribution < -0.4 is 4.74 Å². The molecule has 1 aliphatic rings. The highest BCUT2D eigenvalue weighted by Gasteiger charge is 2.24. The van der Waals surface area contributed by atoms with Gasteiger partial charge in [-0.05, 0) is 45.1 Å². The highest BCUT2D eigenvalue weighted by molar-refractivity contribution is 9.10. The fourth-order valence-corrected chi connectivity index (χ4v) is 4.80. The number of benzene rings is 1. The second kappa shape index (κ2) is 5.16. The van der Waals surface area contributed by atoms with E-state index in [0.29, 0.717) is 0 Å². The summed E-state index contributed by atoms with van der Waals surface area (Å²) >= 11 is 15.3. The Morgan fingerprint density at radius 1 is 1.33 bits per heavy atom. The maximum atomic E-state index is 6.61. The highest BCUT2D eigenvalue weighted by atomic mass is 79.9. The van der Waals surface area contributed by atoms with Crippen molar-refractivity contribution in [2.24, 2.45) is 0 Å². The van der Waals surface area contributed by atoms with Crippen molar-refractivity contribution in [1.82, 2.24) is 0 Å². The van der Waals surface area contributed by atoms with Gasteiger partial charge in [0, 0.05) is 25.8 Å². The SMILES string of the molecule is ClC(c1cc(Br)cc2c1OCC2)c1sccc1Br. The Balaban J connectivity index is 2.10. The van der Waals surface area contributed by atoms with E-state index >= 15 is 0 Å². The number of ether oxygens (including phenoxy) is 1. The molecule has 0 aliphatic carbocycles. The quantitative estimate of drug-likeness (QED) is 0.593. The topological polar surface area (TPSA) is 9.23 Å². The van der Waals surface area contributed by atoms with Gasteiger partial charge < -0.3 is 4.74 Å². The molecule has 1 atom stereocenters. The highest BCUT2D eigenvalue weighted by Crippen LogP contribution is 2.44. The molecule has 0 saturated carbocycles. The molecule has 1 aromatic carbocycles. The lowest BCUT2D eigenvalue weighted by atomic mass is 10.0. The van der Waals surface area contributed by atoms with Crippen LogP contribution in [-0.4, -0.2) is 6.61 Å². The Morgan fingerprint density at radius 3 is 2.89 bits per heavy atom. The molecule has 1 unspecified atom stereocenters. The smallest absolute Gasteiger partial charge is 0.127 e. The number of hydrogen-bond donors (Lipinski definition) is 0. The van der Waals surface area contributed by atoms with Crippen LogP contribution in [0.3, 0.4) is 0 Å². The molecule has 0 fully saturated rings. The fourth-order valence-electron chi connectivity index (χ4n) is 2.11. The molecule has 18 heavy (non-hydrogen) atoms. The Bertz CT molecular complexity index is 597.